The topological polar surface area (TPSA) is 0 Å². The quantitative estimate of drug-likeness (QED) is 0.125. The molecule has 2 aliphatic carbocycles. The van der Waals surface area contributed by atoms with Crippen molar-refractivity contribution in [1.29, 1.82) is 0 Å². The molecular weight excluding hydrogens is 641 g/mol. The molecule has 2 atom stereocenters. The molecule has 10 rings (SSSR count). The minimum Gasteiger partial charge on any atom is -0.0679 e. The van der Waals surface area contributed by atoms with Crippen LogP contribution in [0.25, 0.3) is 77.5 Å². The minimum absolute atomic E-state index is 0.435. The van der Waals surface area contributed by atoms with Gasteiger partial charge in [0.1, 0.15) is 0 Å². The Balaban J connectivity index is 1.12. The van der Waals surface area contributed by atoms with E-state index in [0.717, 1.165) is 6.42 Å². The van der Waals surface area contributed by atoms with E-state index in [1.807, 2.05) is 0 Å². The molecule has 0 heterocycles. The third-order valence-corrected chi connectivity index (χ3v) is 16.9. The Kier molecular flexibility index (Phi) is 7.07. The van der Waals surface area contributed by atoms with Gasteiger partial charge in [-0.25, -0.2) is 0 Å². The summed E-state index contributed by atoms with van der Waals surface area (Å²) in [4.78, 5) is 0. The number of benzene rings is 8. The molecule has 8 aromatic carbocycles. The second-order valence-corrected chi connectivity index (χ2v) is 20.4. The Morgan fingerprint density at radius 1 is 0.442 bits per heavy atom. The van der Waals surface area contributed by atoms with E-state index in [4.69, 9.17) is 0 Å². The van der Waals surface area contributed by atoms with Crippen molar-refractivity contribution >= 4 is 63.3 Å². The molecule has 52 heavy (non-hydrogen) atoms. The summed E-state index contributed by atoms with van der Waals surface area (Å²) in [5, 5.41) is 10.6. The van der Waals surface area contributed by atoms with Gasteiger partial charge in [-0.3, -0.25) is 0 Å². The summed E-state index contributed by atoms with van der Waals surface area (Å²) in [5.41, 5.74) is 15.3. The van der Waals surface area contributed by atoms with Crippen LogP contribution in [0, 0.1) is 0 Å². The summed E-state index contributed by atoms with van der Waals surface area (Å²) < 4.78 is 0. The zero-order valence-electron chi connectivity index (χ0n) is 30.4. The van der Waals surface area contributed by atoms with E-state index in [1.165, 1.54) is 93.2 Å². The lowest BCUT2D eigenvalue weighted by molar-refractivity contribution is 0.923. The van der Waals surface area contributed by atoms with Crippen molar-refractivity contribution in [1.82, 2.24) is 0 Å². The van der Waals surface area contributed by atoms with Crippen LogP contribution in [0.5, 0.6) is 0 Å². The molecule has 2 unspecified atom stereocenters. The highest BCUT2D eigenvalue weighted by Crippen LogP contribution is 2.55. The smallest absolute Gasteiger partial charge is 0.0679 e. The van der Waals surface area contributed by atoms with Crippen molar-refractivity contribution in [3.05, 3.63) is 179 Å². The van der Waals surface area contributed by atoms with Crippen molar-refractivity contribution in [2.24, 2.45) is 0 Å². The Hall–Kier alpha value is -5.50. The third-order valence-electron chi connectivity index (χ3n) is 12.4. The molecule has 0 bridgehead atoms. The van der Waals surface area contributed by atoms with Gasteiger partial charge in [0.25, 0.3) is 0 Å². The van der Waals surface area contributed by atoms with Crippen LogP contribution in [0.3, 0.4) is 0 Å². The van der Waals surface area contributed by atoms with Gasteiger partial charge in [-0.1, -0.05) is 177 Å². The average molecular weight is 683 g/mol. The number of hydrogen-bond donors (Lipinski definition) is 0. The maximum atomic E-state index is 2.67. The normalized spacial score (nSPS) is 16.8. The first-order valence-electron chi connectivity index (χ1n) is 18.9. The van der Waals surface area contributed by atoms with E-state index >= 15 is 0 Å². The molecule has 0 amide bonds. The molecule has 2 aliphatic rings. The number of rotatable bonds is 5. The zero-order chi connectivity index (χ0) is 35.1. The monoisotopic (exact) mass is 682 g/mol. The highest BCUT2D eigenvalue weighted by Gasteiger charge is 2.47. The fraction of sp³-hybridized carbons (Fsp3) is 0.137. The van der Waals surface area contributed by atoms with Crippen molar-refractivity contribution in [2.75, 3.05) is 0 Å². The largest absolute Gasteiger partial charge is 0.0722 e. The van der Waals surface area contributed by atoms with Crippen LogP contribution in [-0.2, 0) is 0 Å². The predicted molar refractivity (Wildman–Crippen MR) is 229 cm³/mol. The van der Waals surface area contributed by atoms with E-state index in [-0.39, 0.29) is 0 Å². The summed E-state index contributed by atoms with van der Waals surface area (Å²) >= 11 is 0. The highest BCUT2D eigenvalue weighted by atomic mass is 28.3. The Morgan fingerprint density at radius 2 is 0.885 bits per heavy atom. The van der Waals surface area contributed by atoms with Gasteiger partial charge >= 0.3 is 0 Å². The maximum absolute atomic E-state index is 2.67. The molecule has 0 fully saturated rings. The van der Waals surface area contributed by atoms with Crippen molar-refractivity contribution in [3.63, 3.8) is 0 Å². The summed E-state index contributed by atoms with van der Waals surface area (Å²) in [7, 11) is -2.07. The predicted octanol–water partition coefficient (Wildman–Crippen LogP) is 14.5. The summed E-state index contributed by atoms with van der Waals surface area (Å²) in [6.45, 7) is 10.1. The second-order valence-electron chi connectivity index (χ2n) is 15.6. The zero-order valence-corrected chi connectivity index (χ0v) is 31.4. The molecule has 0 N–H and O–H groups in total. The minimum atomic E-state index is -2.07. The van der Waals surface area contributed by atoms with E-state index in [9.17, 15) is 0 Å². The molecule has 0 aromatic heterocycles. The van der Waals surface area contributed by atoms with E-state index < -0.39 is 8.07 Å². The van der Waals surface area contributed by atoms with Crippen LogP contribution in [0.15, 0.2) is 157 Å². The molecule has 0 saturated carbocycles. The molecular formula is C51H42Si. The first kappa shape index (κ1) is 31.2. The lowest BCUT2D eigenvalue weighted by Gasteiger charge is -2.39. The van der Waals surface area contributed by atoms with Crippen molar-refractivity contribution in [2.45, 2.75) is 44.4 Å². The van der Waals surface area contributed by atoms with Gasteiger partial charge in [-0.15, -0.1) is 0 Å². The SMILES string of the molecule is CCC1=Cc2c(-c3cc4ccccc4c4ccccc34)cccc2C1[Si](C)(C)C1C(C)=Cc2c(-c3cc4ccccc4c4ccccc34)cccc21. The van der Waals surface area contributed by atoms with Gasteiger partial charge in [-0.05, 0) is 113 Å². The molecule has 1 heteroatoms. The molecule has 0 aliphatic heterocycles. The molecule has 0 nitrogen and oxygen atoms in total. The Morgan fingerprint density at radius 3 is 1.40 bits per heavy atom. The lowest BCUT2D eigenvalue weighted by atomic mass is 9.90. The summed E-state index contributed by atoms with van der Waals surface area (Å²) in [6.07, 6.45) is 6.19. The Bertz CT molecular complexity index is 2830. The average Bonchev–Trinajstić information content (AvgIpc) is 3.75. The van der Waals surface area contributed by atoms with Gasteiger partial charge in [0.15, 0.2) is 0 Å². The van der Waals surface area contributed by atoms with Gasteiger partial charge in [0.2, 0.25) is 0 Å². The van der Waals surface area contributed by atoms with Gasteiger partial charge in [0, 0.05) is 11.1 Å². The number of allylic oxidation sites excluding steroid dienone is 2. The van der Waals surface area contributed by atoms with E-state index in [2.05, 4.69) is 185 Å². The highest BCUT2D eigenvalue weighted by molar-refractivity contribution is 6.81. The van der Waals surface area contributed by atoms with Gasteiger partial charge in [0.05, 0.1) is 8.07 Å². The molecule has 250 valence electrons. The summed E-state index contributed by atoms with van der Waals surface area (Å²) in [5.74, 6) is 0. The van der Waals surface area contributed by atoms with Crippen LogP contribution in [0.1, 0.15) is 53.6 Å². The number of hydrogen-bond acceptors (Lipinski definition) is 0. The van der Waals surface area contributed by atoms with Crippen molar-refractivity contribution in [3.8, 4) is 22.3 Å². The van der Waals surface area contributed by atoms with Gasteiger partial charge in [-0.2, -0.15) is 0 Å². The molecule has 0 radical (unpaired) electrons. The fourth-order valence-electron chi connectivity index (χ4n) is 10.4. The number of fused-ring (bicyclic) bond motifs is 8. The van der Waals surface area contributed by atoms with Crippen LogP contribution < -0.4 is 0 Å². The molecule has 8 aromatic rings. The second kappa shape index (κ2) is 11.8. The van der Waals surface area contributed by atoms with Crippen molar-refractivity contribution < 1.29 is 0 Å². The lowest BCUT2D eigenvalue weighted by Crippen LogP contribution is -2.42. The maximum Gasteiger partial charge on any atom is 0.0722 e. The third kappa shape index (κ3) is 4.52. The van der Waals surface area contributed by atoms with Crippen LogP contribution >= 0.6 is 0 Å². The van der Waals surface area contributed by atoms with Crippen LogP contribution in [0.2, 0.25) is 13.1 Å². The van der Waals surface area contributed by atoms with Crippen LogP contribution in [0.4, 0.5) is 0 Å². The van der Waals surface area contributed by atoms with E-state index in [1.54, 1.807) is 5.57 Å². The van der Waals surface area contributed by atoms with Crippen LogP contribution in [-0.4, -0.2) is 8.07 Å². The fourth-order valence-corrected chi connectivity index (χ4v) is 15.3. The molecule has 0 saturated heterocycles. The van der Waals surface area contributed by atoms with E-state index in [0.29, 0.717) is 11.1 Å². The standard InChI is InChI=1S/C51H42Si/c1-5-33-29-49-43(48-31-35-17-7-9-19-37(35)39-21-11-13-23-41(39)48)25-15-27-45(49)51(33)52(3,4)50-32(2)28-46-42(24-14-26-44(46)50)47-30-34-16-6-8-18-36(34)38-20-10-12-22-40(38)47/h6-31,50-51H,5H2,1-4H3. The van der Waals surface area contributed by atoms with Gasteiger partial charge < -0.3 is 0 Å². The first-order chi connectivity index (χ1) is 25.4. The first-order valence-corrected chi connectivity index (χ1v) is 22.1. The molecule has 0 spiro atoms. The summed E-state index contributed by atoms with van der Waals surface area (Å²) in [6, 6.07) is 54.8. The Labute approximate surface area is 307 Å².